The van der Waals surface area contributed by atoms with E-state index in [1.807, 2.05) is 7.05 Å². The third-order valence-corrected chi connectivity index (χ3v) is 5.65. The number of likely N-dealkylation sites (tertiary alicyclic amines) is 2. The Bertz CT molecular complexity index is 426. The molecular weight excluding hydrogens is 268 g/mol. The molecule has 4 atom stereocenters. The molecule has 5 heteroatoms. The second kappa shape index (κ2) is 5.95. The van der Waals surface area contributed by atoms with Gasteiger partial charge in [-0.2, -0.15) is 0 Å². The minimum atomic E-state index is -0.821. The van der Waals surface area contributed by atoms with Crippen LogP contribution < -0.4 is 0 Å². The van der Waals surface area contributed by atoms with Crippen molar-refractivity contribution in [3.63, 3.8) is 0 Å². The summed E-state index contributed by atoms with van der Waals surface area (Å²) in [6.45, 7) is 1.72. The second-order valence-electron chi connectivity index (χ2n) is 7.04. The van der Waals surface area contributed by atoms with Crippen LogP contribution in [0.3, 0.4) is 0 Å². The number of carbonyl (C=O) groups excluding carboxylic acids is 1. The molecule has 1 N–H and O–H groups in total. The molecule has 2 heterocycles. The van der Waals surface area contributed by atoms with Crippen molar-refractivity contribution >= 4 is 11.9 Å². The summed E-state index contributed by atoms with van der Waals surface area (Å²) in [6.07, 6.45) is 6.97. The number of aliphatic carboxylic acids is 1. The molecule has 0 aromatic rings. The molecule has 0 radical (unpaired) electrons. The number of hydrogen-bond donors (Lipinski definition) is 1. The first-order valence-corrected chi connectivity index (χ1v) is 8.31. The summed E-state index contributed by atoms with van der Waals surface area (Å²) in [7, 11) is 2.03. The number of piperidine rings is 1. The first-order chi connectivity index (χ1) is 10.1. The molecule has 0 spiro atoms. The normalized spacial score (nSPS) is 37.3. The highest BCUT2D eigenvalue weighted by molar-refractivity contribution is 5.86. The fourth-order valence-electron chi connectivity index (χ4n) is 4.54. The van der Waals surface area contributed by atoms with Gasteiger partial charge in [-0.1, -0.05) is 12.8 Å². The van der Waals surface area contributed by atoms with Gasteiger partial charge in [0.2, 0.25) is 5.91 Å². The maximum atomic E-state index is 13.0. The van der Waals surface area contributed by atoms with Crippen molar-refractivity contribution in [3.05, 3.63) is 0 Å². The van der Waals surface area contributed by atoms with E-state index in [1.54, 1.807) is 4.90 Å². The molecule has 3 rings (SSSR count). The Morgan fingerprint density at radius 1 is 1.05 bits per heavy atom. The largest absolute Gasteiger partial charge is 0.480 e. The van der Waals surface area contributed by atoms with Gasteiger partial charge in [0.1, 0.15) is 6.04 Å². The SMILES string of the molecule is CN1CCC(C(=O)N2C(C(=O)O)CCC3CCCCC32)C1. The van der Waals surface area contributed by atoms with E-state index in [4.69, 9.17) is 0 Å². The quantitative estimate of drug-likeness (QED) is 0.840. The van der Waals surface area contributed by atoms with E-state index in [9.17, 15) is 14.7 Å². The van der Waals surface area contributed by atoms with Crippen LogP contribution in [0.1, 0.15) is 44.9 Å². The third-order valence-electron chi connectivity index (χ3n) is 5.65. The zero-order chi connectivity index (χ0) is 15.0. The Hall–Kier alpha value is -1.10. The van der Waals surface area contributed by atoms with Crippen molar-refractivity contribution in [1.29, 1.82) is 0 Å². The van der Waals surface area contributed by atoms with E-state index in [0.717, 1.165) is 45.2 Å². The van der Waals surface area contributed by atoms with Crippen LogP contribution in [-0.2, 0) is 9.59 Å². The highest BCUT2D eigenvalue weighted by atomic mass is 16.4. The minimum absolute atomic E-state index is 0.00229. The molecule has 3 aliphatic rings. The van der Waals surface area contributed by atoms with Crippen molar-refractivity contribution in [2.75, 3.05) is 20.1 Å². The van der Waals surface area contributed by atoms with Crippen molar-refractivity contribution < 1.29 is 14.7 Å². The molecule has 1 saturated carbocycles. The summed E-state index contributed by atoms with van der Waals surface area (Å²) in [6, 6.07) is -0.422. The molecule has 5 nitrogen and oxygen atoms in total. The number of carboxylic acids is 1. The van der Waals surface area contributed by atoms with Gasteiger partial charge >= 0.3 is 5.97 Å². The van der Waals surface area contributed by atoms with Gasteiger partial charge in [0.25, 0.3) is 0 Å². The average Bonchev–Trinajstić information content (AvgIpc) is 2.91. The van der Waals surface area contributed by atoms with E-state index < -0.39 is 12.0 Å². The van der Waals surface area contributed by atoms with Gasteiger partial charge in [0.05, 0.1) is 5.92 Å². The molecule has 118 valence electrons. The maximum absolute atomic E-state index is 13.0. The summed E-state index contributed by atoms with van der Waals surface area (Å²) < 4.78 is 0. The molecular formula is C16H26N2O3. The lowest BCUT2D eigenvalue weighted by atomic mass is 9.75. The Morgan fingerprint density at radius 2 is 1.81 bits per heavy atom. The van der Waals surface area contributed by atoms with Crippen LogP contribution in [0.4, 0.5) is 0 Å². The van der Waals surface area contributed by atoms with Crippen LogP contribution >= 0.6 is 0 Å². The predicted octanol–water partition coefficient (Wildman–Crippen LogP) is 1.57. The first-order valence-electron chi connectivity index (χ1n) is 8.31. The van der Waals surface area contributed by atoms with Gasteiger partial charge in [-0.15, -0.1) is 0 Å². The molecule has 0 bridgehead atoms. The molecule has 1 aliphatic carbocycles. The Balaban J connectivity index is 1.81. The van der Waals surface area contributed by atoms with Crippen LogP contribution in [0.2, 0.25) is 0 Å². The van der Waals surface area contributed by atoms with Gasteiger partial charge in [-0.05, 0) is 51.6 Å². The molecule has 2 saturated heterocycles. The highest BCUT2D eigenvalue weighted by Crippen LogP contribution is 2.39. The summed E-state index contributed by atoms with van der Waals surface area (Å²) in [5.41, 5.74) is 0. The number of carboxylic acid groups (broad SMARTS) is 1. The lowest BCUT2D eigenvalue weighted by Crippen LogP contribution is -2.59. The lowest BCUT2D eigenvalue weighted by molar-refractivity contribution is -0.160. The van der Waals surface area contributed by atoms with Gasteiger partial charge in [-0.25, -0.2) is 4.79 Å². The number of fused-ring (bicyclic) bond motifs is 1. The predicted molar refractivity (Wildman–Crippen MR) is 78.9 cm³/mol. The minimum Gasteiger partial charge on any atom is -0.480 e. The second-order valence-corrected chi connectivity index (χ2v) is 7.04. The van der Waals surface area contributed by atoms with Crippen LogP contribution in [0, 0.1) is 11.8 Å². The summed E-state index contributed by atoms with van der Waals surface area (Å²) in [5, 5.41) is 9.54. The lowest BCUT2D eigenvalue weighted by Gasteiger charge is -2.48. The zero-order valence-electron chi connectivity index (χ0n) is 12.8. The van der Waals surface area contributed by atoms with Gasteiger partial charge in [0.15, 0.2) is 0 Å². The summed E-state index contributed by atoms with van der Waals surface area (Å²) in [5.74, 6) is -0.197. The Labute approximate surface area is 126 Å². The number of carbonyl (C=O) groups is 2. The molecule has 21 heavy (non-hydrogen) atoms. The average molecular weight is 294 g/mol. The monoisotopic (exact) mass is 294 g/mol. The Kier molecular flexibility index (Phi) is 4.20. The van der Waals surface area contributed by atoms with E-state index >= 15 is 0 Å². The number of hydrogen-bond acceptors (Lipinski definition) is 3. The maximum Gasteiger partial charge on any atom is 0.326 e. The van der Waals surface area contributed by atoms with Gasteiger partial charge in [-0.3, -0.25) is 4.79 Å². The Morgan fingerprint density at radius 3 is 2.48 bits per heavy atom. The van der Waals surface area contributed by atoms with E-state index in [1.165, 1.54) is 6.42 Å². The van der Waals surface area contributed by atoms with E-state index in [0.29, 0.717) is 12.3 Å². The zero-order valence-corrected chi connectivity index (χ0v) is 12.8. The summed E-state index contributed by atoms with van der Waals surface area (Å²) in [4.78, 5) is 28.5. The van der Waals surface area contributed by atoms with Gasteiger partial charge in [0, 0.05) is 12.6 Å². The molecule has 1 amide bonds. The molecule has 0 aromatic heterocycles. The standard InChI is InChI=1S/C16H26N2O3/c1-17-9-8-12(10-17)15(19)18-13-5-3-2-4-11(13)6-7-14(18)16(20)21/h11-14H,2-10H2,1H3,(H,20,21). The topological polar surface area (TPSA) is 60.9 Å². The van der Waals surface area contributed by atoms with Crippen molar-refractivity contribution in [3.8, 4) is 0 Å². The fraction of sp³-hybridized carbons (Fsp3) is 0.875. The molecule has 4 unspecified atom stereocenters. The number of nitrogens with zero attached hydrogens (tertiary/aromatic N) is 2. The fourth-order valence-corrected chi connectivity index (χ4v) is 4.54. The number of amides is 1. The summed E-state index contributed by atoms with van der Waals surface area (Å²) >= 11 is 0. The molecule has 0 aromatic carbocycles. The van der Waals surface area contributed by atoms with Gasteiger partial charge < -0.3 is 14.9 Å². The highest BCUT2D eigenvalue weighted by Gasteiger charge is 2.45. The first kappa shape index (κ1) is 14.8. The van der Waals surface area contributed by atoms with Crippen LogP contribution in [0.25, 0.3) is 0 Å². The van der Waals surface area contributed by atoms with E-state index in [-0.39, 0.29) is 17.9 Å². The van der Waals surface area contributed by atoms with E-state index in [2.05, 4.69) is 4.90 Å². The van der Waals surface area contributed by atoms with Crippen LogP contribution in [0.15, 0.2) is 0 Å². The van der Waals surface area contributed by atoms with Crippen molar-refractivity contribution in [2.24, 2.45) is 11.8 Å². The number of rotatable bonds is 2. The van der Waals surface area contributed by atoms with Crippen molar-refractivity contribution in [1.82, 2.24) is 9.80 Å². The van der Waals surface area contributed by atoms with Crippen LogP contribution in [-0.4, -0.2) is 59.0 Å². The third kappa shape index (κ3) is 2.80. The van der Waals surface area contributed by atoms with Crippen molar-refractivity contribution in [2.45, 2.75) is 57.0 Å². The van der Waals surface area contributed by atoms with Crippen LogP contribution in [0.5, 0.6) is 0 Å². The smallest absolute Gasteiger partial charge is 0.326 e. The molecule has 2 aliphatic heterocycles. The molecule has 3 fully saturated rings.